The zero-order chi connectivity index (χ0) is 15.7. The average molecular weight is 286 g/mol. The Bertz CT molecular complexity index is 604. The van der Waals surface area contributed by atoms with Crippen LogP contribution in [-0.2, 0) is 0 Å². The van der Waals surface area contributed by atoms with E-state index in [9.17, 15) is 4.79 Å². The Kier molecular flexibility index (Phi) is 6.54. The van der Waals surface area contributed by atoms with Gasteiger partial charge in [-0.2, -0.15) is 0 Å². The number of methoxy groups -OCH3 is 1. The van der Waals surface area contributed by atoms with Crippen molar-refractivity contribution in [2.45, 2.75) is 6.92 Å². The van der Waals surface area contributed by atoms with Gasteiger partial charge in [-0.15, -0.1) is 0 Å². The highest BCUT2D eigenvalue weighted by Gasteiger charge is 2.09. The lowest BCUT2D eigenvalue weighted by Gasteiger charge is -2.05. The predicted molar refractivity (Wildman–Crippen MR) is 82.9 cm³/mol. The minimum atomic E-state index is -0.290. The van der Waals surface area contributed by atoms with Gasteiger partial charge in [-0.1, -0.05) is 42.5 Å². The van der Waals surface area contributed by atoms with Crippen molar-refractivity contribution < 1.29 is 19.7 Å². The molecular weight excluding hydrogens is 268 g/mol. The standard InChI is InChI=1S/C9H10.C8H8O4/c1-2-6-9-7-4-3-5-8-9;1-12-8-3-5(10)2-7(11)6(8)4-9/h2-8H,1H3;2-4,10-11H,1H3/b6-2+;. The van der Waals surface area contributed by atoms with E-state index in [2.05, 4.69) is 18.2 Å². The minimum absolute atomic E-state index is 0.0373. The topological polar surface area (TPSA) is 66.8 Å². The van der Waals surface area contributed by atoms with Crippen LogP contribution in [0, 0.1) is 0 Å². The van der Waals surface area contributed by atoms with Crippen LogP contribution in [-0.4, -0.2) is 23.6 Å². The molecule has 0 saturated carbocycles. The summed E-state index contributed by atoms with van der Waals surface area (Å²) in [7, 11) is 1.35. The van der Waals surface area contributed by atoms with Crippen molar-refractivity contribution in [3.8, 4) is 17.2 Å². The molecule has 2 aromatic carbocycles. The highest BCUT2D eigenvalue weighted by molar-refractivity contribution is 5.84. The molecule has 4 nitrogen and oxygen atoms in total. The molecule has 0 aliphatic carbocycles. The van der Waals surface area contributed by atoms with Gasteiger partial charge in [-0.3, -0.25) is 4.79 Å². The van der Waals surface area contributed by atoms with Gasteiger partial charge in [0.05, 0.1) is 12.7 Å². The maximum Gasteiger partial charge on any atom is 0.157 e. The number of benzene rings is 2. The summed E-state index contributed by atoms with van der Waals surface area (Å²) >= 11 is 0. The number of aromatic hydroxyl groups is 2. The molecule has 0 aliphatic rings. The molecule has 0 aromatic heterocycles. The summed E-state index contributed by atoms with van der Waals surface area (Å²) in [6.45, 7) is 2.02. The zero-order valence-corrected chi connectivity index (χ0v) is 12.0. The van der Waals surface area contributed by atoms with E-state index in [4.69, 9.17) is 14.9 Å². The number of rotatable bonds is 3. The number of carbonyl (C=O) groups is 1. The van der Waals surface area contributed by atoms with Gasteiger partial charge >= 0.3 is 0 Å². The number of hydrogen-bond acceptors (Lipinski definition) is 4. The van der Waals surface area contributed by atoms with Crippen LogP contribution in [0.15, 0.2) is 48.5 Å². The van der Waals surface area contributed by atoms with Crippen molar-refractivity contribution in [2.24, 2.45) is 0 Å². The maximum absolute atomic E-state index is 10.4. The summed E-state index contributed by atoms with van der Waals surface area (Å²) in [6.07, 6.45) is 4.59. The van der Waals surface area contributed by atoms with Crippen molar-refractivity contribution in [3.05, 3.63) is 59.7 Å². The quantitative estimate of drug-likeness (QED) is 0.845. The van der Waals surface area contributed by atoms with Gasteiger partial charge in [0.15, 0.2) is 6.29 Å². The SMILES string of the molecule is C/C=C/c1ccccc1.COc1cc(O)cc(O)c1C=O. The first-order valence-corrected chi connectivity index (χ1v) is 6.35. The fourth-order valence-electron chi connectivity index (χ4n) is 1.64. The van der Waals surface area contributed by atoms with Crippen molar-refractivity contribution in [3.63, 3.8) is 0 Å². The van der Waals surface area contributed by atoms with Gasteiger partial charge in [-0.05, 0) is 12.5 Å². The minimum Gasteiger partial charge on any atom is -0.508 e. The van der Waals surface area contributed by atoms with E-state index < -0.39 is 0 Å². The lowest BCUT2D eigenvalue weighted by molar-refractivity contribution is 0.111. The van der Waals surface area contributed by atoms with Crippen LogP contribution in [0.4, 0.5) is 0 Å². The molecule has 0 amide bonds. The van der Waals surface area contributed by atoms with Crippen LogP contribution in [0.5, 0.6) is 17.2 Å². The Morgan fingerprint density at radius 2 is 1.76 bits per heavy atom. The molecule has 0 fully saturated rings. The number of allylic oxidation sites excluding steroid dienone is 1. The second-order valence-corrected chi connectivity index (χ2v) is 4.11. The number of carbonyl (C=O) groups excluding carboxylic acids is 1. The third-order valence-electron chi connectivity index (χ3n) is 2.60. The monoisotopic (exact) mass is 286 g/mol. The maximum atomic E-state index is 10.4. The molecule has 110 valence electrons. The van der Waals surface area contributed by atoms with Crippen molar-refractivity contribution in [1.29, 1.82) is 0 Å². The molecule has 4 heteroatoms. The van der Waals surface area contributed by atoms with Crippen LogP contribution >= 0.6 is 0 Å². The third-order valence-corrected chi connectivity index (χ3v) is 2.60. The Hall–Kier alpha value is -2.75. The Morgan fingerprint density at radius 1 is 1.10 bits per heavy atom. The average Bonchev–Trinajstić information content (AvgIpc) is 2.48. The molecule has 0 radical (unpaired) electrons. The molecule has 2 N–H and O–H groups in total. The van der Waals surface area contributed by atoms with Gasteiger partial charge in [0.1, 0.15) is 17.2 Å². The second kappa shape index (κ2) is 8.43. The summed E-state index contributed by atoms with van der Waals surface area (Å²) in [5, 5.41) is 18.1. The van der Waals surface area contributed by atoms with Gasteiger partial charge in [0, 0.05) is 12.1 Å². The summed E-state index contributed by atoms with van der Waals surface area (Å²) in [6, 6.07) is 12.6. The molecular formula is C17H18O4. The summed E-state index contributed by atoms with van der Waals surface area (Å²) in [4.78, 5) is 10.4. The van der Waals surface area contributed by atoms with E-state index in [1.54, 1.807) is 0 Å². The van der Waals surface area contributed by atoms with Crippen molar-refractivity contribution >= 4 is 12.4 Å². The van der Waals surface area contributed by atoms with E-state index in [-0.39, 0.29) is 22.8 Å². The molecule has 0 aliphatic heterocycles. The van der Waals surface area contributed by atoms with Crippen molar-refractivity contribution in [2.75, 3.05) is 7.11 Å². The molecule has 2 rings (SSSR count). The van der Waals surface area contributed by atoms with Crippen LogP contribution in [0.3, 0.4) is 0 Å². The van der Waals surface area contributed by atoms with E-state index in [0.717, 1.165) is 6.07 Å². The smallest absolute Gasteiger partial charge is 0.157 e. The van der Waals surface area contributed by atoms with Gasteiger partial charge in [0.2, 0.25) is 0 Å². The molecule has 0 heterocycles. The van der Waals surface area contributed by atoms with Crippen molar-refractivity contribution in [1.82, 2.24) is 0 Å². The molecule has 0 unspecified atom stereocenters. The highest BCUT2D eigenvalue weighted by atomic mass is 16.5. The molecule has 0 atom stereocenters. The highest BCUT2D eigenvalue weighted by Crippen LogP contribution is 2.30. The number of phenolic OH excluding ortho intramolecular Hbond substituents is 2. The lowest BCUT2D eigenvalue weighted by atomic mass is 10.2. The van der Waals surface area contributed by atoms with Gasteiger partial charge in [-0.25, -0.2) is 0 Å². The molecule has 2 aromatic rings. The van der Waals surface area contributed by atoms with E-state index in [0.29, 0.717) is 6.29 Å². The van der Waals surface area contributed by atoms with E-state index in [1.165, 1.54) is 18.7 Å². The Balaban J connectivity index is 0.000000219. The number of phenols is 2. The van der Waals surface area contributed by atoms with Crippen LogP contribution in [0.2, 0.25) is 0 Å². The fourth-order valence-corrected chi connectivity index (χ4v) is 1.64. The number of aldehydes is 1. The molecule has 21 heavy (non-hydrogen) atoms. The summed E-state index contributed by atoms with van der Waals surface area (Å²) in [5.74, 6) is -0.278. The van der Waals surface area contributed by atoms with E-state index >= 15 is 0 Å². The van der Waals surface area contributed by atoms with Crippen LogP contribution in [0.1, 0.15) is 22.8 Å². The molecule has 0 saturated heterocycles. The first kappa shape index (κ1) is 16.3. The third kappa shape index (κ3) is 5.03. The first-order valence-electron chi connectivity index (χ1n) is 6.35. The fraction of sp³-hybridized carbons (Fsp3) is 0.118. The first-order chi connectivity index (χ1) is 10.1. The van der Waals surface area contributed by atoms with Crippen LogP contribution < -0.4 is 4.74 Å². The van der Waals surface area contributed by atoms with Gasteiger partial charge in [0.25, 0.3) is 0 Å². The van der Waals surface area contributed by atoms with E-state index in [1.807, 2.05) is 31.2 Å². The summed E-state index contributed by atoms with van der Waals surface area (Å²) < 4.78 is 4.75. The normalized spacial score (nSPS) is 9.81. The number of ether oxygens (including phenoxy) is 1. The Morgan fingerprint density at radius 3 is 2.29 bits per heavy atom. The number of hydrogen-bond donors (Lipinski definition) is 2. The van der Waals surface area contributed by atoms with Crippen LogP contribution in [0.25, 0.3) is 6.08 Å². The lowest BCUT2D eigenvalue weighted by Crippen LogP contribution is -1.90. The van der Waals surface area contributed by atoms with Gasteiger partial charge < -0.3 is 14.9 Å². The molecule has 0 bridgehead atoms. The summed E-state index contributed by atoms with van der Waals surface area (Å²) in [5.41, 5.74) is 1.30. The zero-order valence-electron chi connectivity index (χ0n) is 12.0. The predicted octanol–water partition coefficient (Wildman–Crippen LogP) is 3.64. The second-order valence-electron chi connectivity index (χ2n) is 4.11. The largest absolute Gasteiger partial charge is 0.508 e. The molecule has 0 spiro atoms. The Labute approximate surface area is 123 Å².